The Morgan fingerprint density at radius 1 is 0.750 bits per heavy atom. The number of aldehydes is 1. The Kier molecular flexibility index (Phi) is 46.9. The van der Waals surface area contributed by atoms with E-state index in [1.54, 1.807) is 7.05 Å². The number of aliphatic carboxylic acids is 2. The van der Waals surface area contributed by atoms with E-state index < -0.39 is 24.0 Å². The molecule has 352 valence electrons. The first-order valence-corrected chi connectivity index (χ1v) is 23.2. The van der Waals surface area contributed by atoms with Gasteiger partial charge in [0.25, 0.3) is 0 Å². The lowest BCUT2D eigenvalue weighted by atomic mass is 10.0. The summed E-state index contributed by atoms with van der Waals surface area (Å²) in [5.41, 5.74) is 4.50. The number of carboxylic acid groups (broad SMARTS) is 2. The van der Waals surface area contributed by atoms with Crippen molar-refractivity contribution in [2.75, 3.05) is 40.4 Å². The van der Waals surface area contributed by atoms with E-state index in [9.17, 15) is 33.6 Å². The van der Waals surface area contributed by atoms with Crippen LogP contribution in [-0.4, -0.2) is 115 Å². The van der Waals surface area contributed by atoms with Gasteiger partial charge in [0.15, 0.2) is 0 Å². The second kappa shape index (κ2) is 45.7. The zero-order valence-corrected chi connectivity index (χ0v) is 39.1. The molecular formula is C42H83N7O9S2. The van der Waals surface area contributed by atoms with Gasteiger partial charge in [0.05, 0.1) is 18.8 Å². The normalized spacial score (nSPS) is 14.1. The lowest BCUT2D eigenvalue weighted by Crippen LogP contribution is -2.38. The average molecular weight is 894 g/mol. The molecule has 1 fully saturated rings. The van der Waals surface area contributed by atoms with Crippen LogP contribution in [0.1, 0.15) is 168 Å². The minimum absolute atomic E-state index is 0.0160. The molecule has 18 heteroatoms. The number of nitrogens with two attached hydrogens (primary N) is 1. The highest BCUT2D eigenvalue weighted by Crippen LogP contribution is 2.16. The molecule has 0 aromatic carbocycles. The Balaban J connectivity index is -0.00000119. The van der Waals surface area contributed by atoms with Crippen LogP contribution in [0.2, 0.25) is 0 Å². The number of amides is 3. The van der Waals surface area contributed by atoms with E-state index in [1.807, 2.05) is 18.7 Å². The summed E-state index contributed by atoms with van der Waals surface area (Å²) in [6.45, 7) is 6.06. The van der Waals surface area contributed by atoms with Crippen LogP contribution in [0.3, 0.4) is 0 Å². The second-order valence-electron chi connectivity index (χ2n) is 14.4. The summed E-state index contributed by atoms with van der Waals surface area (Å²) in [5, 5.41) is 28.3. The first-order valence-electron chi connectivity index (χ1n) is 22.3. The van der Waals surface area contributed by atoms with Gasteiger partial charge in [-0.15, -0.1) is 12.6 Å². The number of carbonyl (C=O) groups is 7. The van der Waals surface area contributed by atoms with E-state index in [2.05, 4.69) is 57.2 Å². The highest BCUT2D eigenvalue weighted by atomic mass is 32.1. The van der Waals surface area contributed by atoms with Gasteiger partial charge in [0.1, 0.15) is 12.3 Å². The molecule has 9 N–H and O–H groups in total. The third-order valence-electron chi connectivity index (χ3n) is 9.76. The van der Waals surface area contributed by atoms with E-state index in [4.69, 9.17) is 10.2 Å². The topological polar surface area (TPSA) is 249 Å². The zero-order chi connectivity index (χ0) is 45.8. The fourth-order valence-corrected chi connectivity index (χ4v) is 6.82. The number of nitrogens with zero attached hydrogens (tertiary/aromatic N) is 1. The van der Waals surface area contributed by atoms with Crippen molar-refractivity contribution in [3.05, 3.63) is 0 Å². The van der Waals surface area contributed by atoms with Gasteiger partial charge in [-0.2, -0.15) is 0 Å². The molecule has 1 rings (SSSR count). The minimum Gasteiger partial charge on any atom is -0.481 e. The predicted octanol–water partition coefficient (Wildman–Crippen LogP) is 5.14. The van der Waals surface area contributed by atoms with Crippen LogP contribution in [0, 0.1) is 0 Å². The fraction of sp³-hybridized carbons (Fsp3) is 0.833. The molecular weight excluding hydrogens is 811 g/mol. The summed E-state index contributed by atoms with van der Waals surface area (Å²) in [4.78, 5) is 80.7. The number of carbonyl (C=O) groups excluding carboxylic acids is 5. The van der Waals surface area contributed by atoms with Crippen molar-refractivity contribution >= 4 is 66.5 Å². The van der Waals surface area contributed by atoms with Crippen LogP contribution in [0.15, 0.2) is 0 Å². The number of likely N-dealkylation sites (N-methyl/N-ethyl adjacent to an activating group) is 1. The molecule has 16 nitrogen and oxygen atoms in total. The SMILES string of the molecule is CC.CN.CNC(CCC(=O)NCCCCCC(=O)NCCCCC1C(=O)NCN1CCC(NS)C(=O)S)C(=O)O.O=CCCCCCCCCCCCCCCC(=O)O. The third-order valence-corrected chi connectivity index (χ3v) is 10.4. The summed E-state index contributed by atoms with van der Waals surface area (Å²) in [7, 11) is 3.05. The molecule has 0 aromatic rings. The first kappa shape index (κ1) is 61.5. The van der Waals surface area contributed by atoms with Crippen LogP contribution in [0.5, 0.6) is 0 Å². The Morgan fingerprint density at radius 3 is 1.72 bits per heavy atom. The van der Waals surface area contributed by atoms with Gasteiger partial charge in [-0.1, -0.05) is 97.3 Å². The van der Waals surface area contributed by atoms with E-state index in [0.29, 0.717) is 52.0 Å². The van der Waals surface area contributed by atoms with Gasteiger partial charge < -0.3 is 42.0 Å². The lowest BCUT2D eigenvalue weighted by molar-refractivity contribution is -0.140. The maximum absolute atomic E-state index is 12.1. The number of carboxylic acids is 2. The summed E-state index contributed by atoms with van der Waals surface area (Å²) in [6, 6.07) is -1.45. The van der Waals surface area contributed by atoms with Gasteiger partial charge in [0, 0.05) is 45.3 Å². The lowest BCUT2D eigenvalue weighted by Gasteiger charge is -2.23. The van der Waals surface area contributed by atoms with E-state index in [1.165, 1.54) is 64.8 Å². The molecule has 1 aliphatic rings. The Morgan fingerprint density at radius 2 is 1.23 bits per heavy atom. The fourth-order valence-electron chi connectivity index (χ4n) is 6.28. The number of nitrogens with one attached hydrogen (secondary N) is 5. The smallest absolute Gasteiger partial charge is 0.320 e. The molecule has 0 spiro atoms. The number of hydrogen-bond acceptors (Lipinski definition) is 12. The molecule has 0 saturated carbocycles. The number of thiol groups is 2. The van der Waals surface area contributed by atoms with Gasteiger partial charge in [0.2, 0.25) is 22.8 Å². The molecule has 1 saturated heterocycles. The molecule has 1 heterocycles. The second-order valence-corrected chi connectivity index (χ2v) is 15.1. The van der Waals surface area contributed by atoms with Crippen LogP contribution in [-0.2, 0) is 33.6 Å². The zero-order valence-electron chi connectivity index (χ0n) is 37.3. The quantitative estimate of drug-likeness (QED) is 0.0223. The molecule has 0 radical (unpaired) electrons. The van der Waals surface area contributed by atoms with E-state index >= 15 is 0 Å². The summed E-state index contributed by atoms with van der Waals surface area (Å²) in [5.74, 6) is -1.86. The van der Waals surface area contributed by atoms with Gasteiger partial charge in [-0.25, -0.2) is 0 Å². The molecule has 0 bridgehead atoms. The summed E-state index contributed by atoms with van der Waals surface area (Å²) >= 11 is 7.78. The first-order chi connectivity index (χ1) is 29.0. The van der Waals surface area contributed by atoms with E-state index in [0.717, 1.165) is 64.1 Å². The minimum atomic E-state index is -0.975. The largest absolute Gasteiger partial charge is 0.481 e. The Labute approximate surface area is 372 Å². The van der Waals surface area contributed by atoms with Crippen molar-refractivity contribution in [2.24, 2.45) is 5.73 Å². The monoisotopic (exact) mass is 894 g/mol. The highest BCUT2D eigenvalue weighted by molar-refractivity contribution is 7.96. The number of unbranched alkanes of at least 4 members (excludes halogenated alkanes) is 15. The number of rotatable bonds is 36. The van der Waals surface area contributed by atoms with Crippen molar-refractivity contribution < 1.29 is 43.8 Å². The van der Waals surface area contributed by atoms with Crippen LogP contribution in [0.25, 0.3) is 0 Å². The average Bonchev–Trinajstić information content (AvgIpc) is 3.59. The van der Waals surface area contributed by atoms with E-state index in [-0.39, 0.29) is 41.7 Å². The van der Waals surface area contributed by atoms with Crippen molar-refractivity contribution in [1.82, 2.24) is 30.9 Å². The Bertz CT molecular complexity index is 1130. The molecule has 3 amide bonds. The van der Waals surface area contributed by atoms with Crippen molar-refractivity contribution in [3.8, 4) is 0 Å². The maximum Gasteiger partial charge on any atom is 0.320 e. The molecule has 0 aromatic heterocycles. The molecule has 1 aliphatic heterocycles. The Hall–Kier alpha value is -2.77. The van der Waals surface area contributed by atoms with Crippen molar-refractivity contribution in [1.29, 1.82) is 0 Å². The van der Waals surface area contributed by atoms with Gasteiger partial charge in [-0.05, 0) is 71.9 Å². The molecule has 3 atom stereocenters. The van der Waals surface area contributed by atoms with Crippen LogP contribution < -0.4 is 31.7 Å². The van der Waals surface area contributed by atoms with Crippen molar-refractivity contribution in [3.63, 3.8) is 0 Å². The molecule has 3 unspecified atom stereocenters. The molecule has 0 aliphatic carbocycles. The summed E-state index contributed by atoms with van der Waals surface area (Å²) in [6.07, 6.45) is 22.2. The summed E-state index contributed by atoms with van der Waals surface area (Å²) < 4.78 is 2.62. The standard InChI is InChI=1S/C23H42N6O6S2.C16H30O3.C2H6.CH5N/c1-24-16(22(33)34)9-10-20(31)26-12-5-2-3-8-19(30)25-13-6-4-7-18-21(32)27-15-29(18)14-11-17(28-37)23(35)36;17-15-13-11-9-7-5-3-1-2-4-6-8-10-12-14-16(18)19;2*1-2/h16-18,24,28,37H,2-15H2,1H3,(H,25,30)(H,26,31)(H,27,32)(H,33,34)(H,35,36);15H,1-14H2,(H,18,19);1-2H3;2H2,1H3. The van der Waals surface area contributed by atoms with Crippen molar-refractivity contribution in [2.45, 2.75) is 186 Å². The predicted molar refractivity (Wildman–Crippen MR) is 246 cm³/mol. The highest BCUT2D eigenvalue weighted by Gasteiger charge is 2.32. The van der Waals surface area contributed by atoms with Gasteiger partial charge in [-0.3, -0.25) is 38.4 Å². The number of hydrogen-bond donors (Lipinski definition) is 10. The molecule has 60 heavy (non-hydrogen) atoms. The third kappa shape index (κ3) is 38.2. The van der Waals surface area contributed by atoms with Gasteiger partial charge >= 0.3 is 11.9 Å². The van der Waals surface area contributed by atoms with Crippen LogP contribution >= 0.6 is 25.4 Å². The van der Waals surface area contributed by atoms with Crippen LogP contribution in [0.4, 0.5) is 0 Å². The maximum atomic E-state index is 12.1.